The highest BCUT2D eigenvalue weighted by molar-refractivity contribution is 6.32. The van der Waals surface area contributed by atoms with E-state index in [9.17, 15) is 4.79 Å². The van der Waals surface area contributed by atoms with Crippen molar-refractivity contribution in [3.63, 3.8) is 0 Å². The Balaban J connectivity index is 1.50. The van der Waals surface area contributed by atoms with Crippen molar-refractivity contribution in [2.24, 2.45) is 13.0 Å². The number of aryl methyl sites for hydroxylation is 1. The summed E-state index contributed by atoms with van der Waals surface area (Å²) in [4.78, 5) is 22.9. The summed E-state index contributed by atoms with van der Waals surface area (Å²) in [6, 6.07) is 0.195. The monoisotopic (exact) mass is 446 g/mol. The van der Waals surface area contributed by atoms with E-state index < -0.39 is 0 Å². The van der Waals surface area contributed by atoms with Gasteiger partial charge in [0.15, 0.2) is 5.82 Å². The summed E-state index contributed by atoms with van der Waals surface area (Å²) >= 11 is 6.29. The maximum Gasteiger partial charge on any atom is 0.243 e. The molecule has 1 aliphatic rings. The molecule has 168 valence electrons. The van der Waals surface area contributed by atoms with E-state index in [-0.39, 0.29) is 11.9 Å². The quantitative estimate of drug-likeness (QED) is 0.509. The third kappa shape index (κ3) is 7.52. The average Bonchev–Trinajstić information content (AvgIpc) is 3.13. The Kier molecular flexibility index (Phi) is 8.25. The molecule has 0 aromatic carbocycles. The second kappa shape index (κ2) is 11.1. The van der Waals surface area contributed by atoms with Gasteiger partial charge in [0.25, 0.3) is 0 Å². The summed E-state index contributed by atoms with van der Waals surface area (Å²) in [5, 5.41) is 14.2. The van der Waals surface area contributed by atoms with Crippen LogP contribution in [0.25, 0.3) is 0 Å². The van der Waals surface area contributed by atoms with Crippen molar-refractivity contribution in [3.05, 3.63) is 35.8 Å². The number of aromatic nitrogens is 4. The molecule has 1 saturated carbocycles. The lowest BCUT2D eigenvalue weighted by atomic mass is 9.85. The Morgan fingerprint density at radius 3 is 2.94 bits per heavy atom. The Morgan fingerprint density at radius 2 is 2.19 bits per heavy atom. The Labute approximate surface area is 188 Å². The van der Waals surface area contributed by atoms with Gasteiger partial charge in [0.1, 0.15) is 5.02 Å². The van der Waals surface area contributed by atoms with Gasteiger partial charge in [0, 0.05) is 38.5 Å². The maximum absolute atomic E-state index is 12.1. The Bertz CT molecular complexity index is 897. The second-order valence-corrected chi connectivity index (χ2v) is 8.61. The van der Waals surface area contributed by atoms with Crippen LogP contribution in [-0.2, 0) is 11.8 Å². The number of halogens is 1. The number of likely N-dealkylation sites (N-methyl/N-ethyl adjacent to an activating group) is 1. The van der Waals surface area contributed by atoms with E-state index in [1.54, 1.807) is 23.2 Å². The van der Waals surface area contributed by atoms with Gasteiger partial charge in [-0.1, -0.05) is 24.1 Å². The van der Waals surface area contributed by atoms with E-state index in [1.165, 1.54) is 0 Å². The molecule has 2 aromatic heterocycles. The van der Waals surface area contributed by atoms with Crippen molar-refractivity contribution >= 4 is 35.0 Å². The molecule has 1 aliphatic carbocycles. The normalized spacial score (nSPS) is 19.0. The molecule has 0 spiro atoms. The van der Waals surface area contributed by atoms with Crippen LogP contribution in [0, 0.1) is 5.92 Å². The smallest absolute Gasteiger partial charge is 0.243 e. The van der Waals surface area contributed by atoms with Crippen LogP contribution in [0.2, 0.25) is 5.02 Å². The molecule has 1 fully saturated rings. The third-order valence-corrected chi connectivity index (χ3v) is 5.41. The molecular weight excluding hydrogens is 416 g/mol. The first-order valence-electron chi connectivity index (χ1n) is 10.5. The van der Waals surface area contributed by atoms with E-state index in [0.29, 0.717) is 22.7 Å². The van der Waals surface area contributed by atoms with E-state index in [2.05, 4.69) is 31.0 Å². The molecule has 3 N–H and O–H groups in total. The van der Waals surface area contributed by atoms with Crippen molar-refractivity contribution in [3.8, 4) is 0 Å². The number of nitrogens with one attached hydrogen (secondary N) is 3. The fraction of sp³-hybridized carbons (Fsp3) is 0.524. The minimum Gasteiger partial charge on any atom is -0.368 e. The predicted octanol–water partition coefficient (Wildman–Crippen LogP) is 2.81. The van der Waals surface area contributed by atoms with Crippen LogP contribution < -0.4 is 16.0 Å². The Hall–Kier alpha value is -2.65. The molecule has 0 aliphatic heterocycles. The van der Waals surface area contributed by atoms with Gasteiger partial charge in [0.05, 0.1) is 18.1 Å². The van der Waals surface area contributed by atoms with Crippen molar-refractivity contribution in [1.29, 1.82) is 0 Å². The first-order valence-corrected chi connectivity index (χ1v) is 10.9. The van der Waals surface area contributed by atoms with E-state index in [0.717, 1.165) is 44.5 Å². The molecule has 31 heavy (non-hydrogen) atoms. The van der Waals surface area contributed by atoms with Crippen LogP contribution in [0.5, 0.6) is 0 Å². The van der Waals surface area contributed by atoms with Crippen LogP contribution in [0.1, 0.15) is 25.7 Å². The molecule has 2 aromatic rings. The SMILES string of the molecule is CN(C)CC=CC(=O)NC1CCCC(CNc2nc(Nc3cnn(C)c3)ncc2Cl)C1. The summed E-state index contributed by atoms with van der Waals surface area (Å²) in [5.74, 6) is 1.47. The molecular formula is C21H31ClN8O. The lowest BCUT2D eigenvalue weighted by Gasteiger charge is -2.29. The molecule has 2 atom stereocenters. The maximum atomic E-state index is 12.1. The number of hydrogen-bond donors (Lipinski definition) is 3. The van der Waals surface area contributed by atoms with Crippen LogP contribution in [0.4, 0.5) is 17.5 Å². The zero-order valence-corrected chi connectivity index (χ0v) is 19.1. The first kappa shape index (κ1) is 23.0. The molecule has 3 rings (SSSR count). The third-order valence-electron chi connectivity index (χ3n) is 5.13. The molecule has 10 heteroatoms. The molecule has 9 nitrogen and oxygen atoms in total. The number of amides is 1. The first-order chi connectivity index (χ1) is 14.9. The fourth-order valence-corrected chi connectivity index (χ4v) is 3.79. The second-order valence-electron chi connectivity index (χ2n) is 8.20. The van der Waals surface area contributed by atoms with Crippen LogP contribution >= 0.6 is 11.6 Å². The van der Waals surface area contributed by atoms with E-state index >= 15 is 0 Å². The molecule has 2 heterocycles. The van der Waals surface area contributed by atoms with Gasteiger partial charge >= 0.3 is 0 Å². The standard InChI is InChI=1S/C21H31ClN8O/c1-29(2)9-5-8-19(31)26-16-7-4-6-15(10-16)11-23-20-18(22)13-24-21(28-20)27-17-12-25-30(3)14-17/h5,8,12-16H,4,6-7,9-11H2,1-3H3,(H,26,31)(H2,23,24,27,28). The number of hydrogen-bond acceptors (Lipinski definition) is 7. The summed E-state index contributed by atoms with van der Waals surface area (Å²) in [7, 11) is 5.80. The van der Waals surface area contributed by atoms with Gasteiger partial charge in [-0.15, -0.1) is 0 Å². The van der Waals surface area contributed by atoms with Gasteiger partial charge in [-0.2, -0.15) is 10.1 Å². The summed E-state index contributed by atoms with van der Waals surface area (Å²) in [6.07, 6.45) is 12.8. The highest BCUT2D eigenvalue weighted by Crippen LogP contribution is 2.26. The van der Waals surface area contributed by atoms with Gasteiger partial charge < -0.3 is 20.9 Å². The lowest BCUT2D eigenvalue weighted by Crippen LogP contribution is -2.39. The van der Waals surface area contributed by atoms with Crippen LogP contribution in [0.15, 0.2) is 30.7 Å². The van der Waals surface area contributed by atoms with E-state index in [4.69, 9.17) is 11.6 Å². The summed E-state index contributed by atoms with van der Waals surface area (Å²) < 4.78 is 1.70. The summed E-state index contributed by atoms with van der Waals surface area (Å²) in [6.45, 7) is 1.49. The molecule has 0 bridgehead atoms. The minimum absolute atomic E-state index is 0.0228. The lowest BCUT2D eigenvalue weighted by molar-refractivity contribution is -0.117. The zero-order valence-electron chi connectivity index (χ0n) is 18.3. The van der Waals surface area contributed by atoms with Crippen LogP contribution in [-0.4, -0.2) is 63.8 Å². The van der Waals surface area contributed by atoms with Crippen molar-refractivity contribution in [1.82, 2.24) is 30.0 Å². The molecule has 2 unspecified atom stereocenters. The van der Waals surface area contributed by atoms with Gasteiger partial charge in [-0.05, 0) is 39.3 Å². The molecule has 0 saturated heterocycles. The number of rotatable bonds is 9. The number of nitrogens with zero attached hydrogens (tertiary/aromatic N) is 5. The number of anilines is 3. The predicted molar refractivity (Wildman–Crippen MR) is 124 cm³/mol. The van der Waals surface area contributed by atoms with Gasteiger partial charge in [0.2, 0.25) is 11.9 Å². The number of carbonyl (C=O) groups excluding carboxylic acids is 1. The highest BCUT2D eigenvalue weighted by atomic mass is 35.5. The average molecular weight is 447 g/mol. The molecule has 1 amide bonds. The molecule has 0 radical (unpaired) electrons. The van der Waals surface area contributed by atoms with E-state index in [1.807, 2.05) is 38.3 Å². The van der Waals surface area contributed by atoms with Crippen molar-refractivity contribution < 1.29 is 4.79 Å². The zero-order chi connectivity index (χ0) is 22.2. The van der Waals surface area contributed by atoms with Crippen LogP contribution in [0.3, 0.4) is 0 Å². The topological polar surface area (TPSA) is 100 Å². The minimum atomic E-state index is -0.0228. The largest absolute Gasteiger partial charge is 0.368 e. The fourth-order valence-electron chi connectivity index (χ4n) is 3.63. The highest BCUT2D eigenvalue weighted by Gasteiger charge is 2.23. The van der Waals surface area contributed by atoms with Gasteiger partial charge in [-0.3, -0.25) is 9.48 Å². The summed E-state index contributed by atoms with van der Waals surface area (Å²) in [5.41, 5.74) is 0.807. The number of carbonyl (C=O) groups is 1. The van der Waals surface area contributed by atoms with Crippen molar-refractivity contribution in [2.45, 2.75) is 31.7 Å². The van der Waals surface area contributed by atoms with Gasteiger partial charge in [-0.25, -0.2) is 4.98 Å². The van der Waals surface area contributed by atoms with Crippen molar-refractivity contribution in [2.75, 3.05) is 37.8 Å². The Morgan fingerprint density at radius 1 is 1.35 bits per heavy atom.